The number of halogens is 6. The molecule has 2 aromatic carbocycles. The van der Waals surface area contributed by atoms with E-state index < -0.39 is 54.7 Å². The summed E-state index contributed by atoms with van der Waals surface area (Å²) in [5, 5.41) is 18.8. The van der Waals surface area contributed by atoms with Gasteiger partial charge in [-0.3, -0.25) is 10.2 Å². The molecule has 0 aromatic heterocycles. The van der Waals surface area contributed by atoms with Crippen molar-refractivity contribution in [3.05, 3.63) is 59.7 Å². The number of rotatable bonds is 7. The zero-order valence-corrected chi connectivity index (χ0v) is 16.6. The first-order chi connectivity index (χ1) is 15.6. The first-order valence-corrected chi connectivity index (χ1v) is 8.89. The summed E-state index contributed by atoms with van der Waals surface area (Å²) in [4.78, 5) is 35.5. The molecule has 184 valence electrons. The Labute approximate surface area is 186 Å². The van der Waals surface area contributed by atoms with Crippen LogP contribution in [0.15, 0.2) is 48.5 Å². The first kappa shape index (κ1) is 26.1. The zero-order valence-electron chi connectivity index (χ0n) is 16.6. The van der Waals surface area contributed by atoms with Gasteiger partial charge >= 0.3 is 24.8 Å². The van der Waals surface area contributed by atoms with Gasteiger partial charge in [0.15, 0.2) is 6.04 Å². The molecule has 15 heteroatoms. The topological polar surface area (TPSA) is 125 Å². The van der Waals surface area contributed by atoms with Crippen LogP contribution in [-0.2, 0) is 16.0 Å². The van der Waals surface area contributed by atoms with Gasteiger partial charge in [0, 0.05) is 0 Å². The number of hydrogen-bond acceptors (Lipinski definition) is 5. The minimum Gasteiger partial charge on any atom is -0.479 e. The number of carbonyl (C=O) groups excluding carboxylic acids is 1. The van der Waals surface area contributed by atoms with E-state index in [2.05, 4.69) is 9.47 Å². The number of hydrazine groups is 1. The lowest BCUT2D eigenvalue weighted by Crippen LogP contribution is -2.50. The van der Waals surface area contributed by atoms with Crippen molar-refractivity contribution in [1.82, 2.24) is 10.4 Å². The zero-order chi connectivity index (χ0) is 25.7. The molecule has 0 aliphatic carbocycles. The third-order valence-electron chi connectivity index (χ3n) is 3.89. The van der Waals surface area contributed by atoms with Gasteiger partial charge in [0.25, 0.3) is 0 Å². The van der Waals surface area contributed by atoms with Crippen LogP contribution in [0.25, 0.3) is 0 Å². The molecule has 34 heavy (non-hydrogen) atoms. The third-order valence-corrected chi connectivity index (χ3v) is 3.89. The molecule has 0 saturated heterocycles. The van der Waals surface area contributed by atoms with E-state index in [1.54, 1.807) is 0 Å². The number of nitrogens with zero attached hydrogens (tertiary/aromatic N) is 1. The van der Waals surface area contributed by atoms with Crippen LogP contribution in [-0.4, -0.2) is 45.9 Å². The minimum atomic E-state index is -5.01. The van der Waals surface area contributed by atoms with E-state index >= 15 is 0 Å². The number of carboxylic acids is 1. The van der Waals surface area contributed by atoms with Crippen LogP contribution in [0.2, 0.25) is 0 Å². The van der Waals surface area contributed by atoms with Crippen LogP contribution < -0.4 is 14.9 Å². The summed E-state index contributed by atoms with van der Waals surface area (Å²) in [6, 6.07) is 5.20. The average molecular weight is 496 g/mol. The minimum absolute atomic E-state index is 0.0193. The second-order valence-corrected chi connectivity index (χ2v) is 6.41. The number of benzene rings is 2. The number of ether oxygens (including phenoxy) is 2. The maximum Gasteiger partial charge on any atom is 0.573 e. The average Bonchev–Trinajstić information content (AvgIpc) is 2.67. The molecule has 0 aliphatic rings. The van der Waals surface area contributed by atoms with Crippen LogP contribution in [0, 0.1) is 0 Å². The third kappa shape index (κ3) is 8.07. The predicted molar refractivity (Wildman–Crippen MR) is 98.3 cm³/mol. The number of aliphatic carboxylic acids is 1. The van der Waals surface area contributed by atoms with Crippen LogP contribution in [0.5, 0.6) is 11.5 Å². The molecule has 0 spiro atoms. The van der Waals surface area contributed by atoms with Crippen molar-refractivity contribution in [2.75, 3.05) is 0 Å². The summed E-state index contributed by atoms with van der Waals surface area (Å²) < 4.78 is 80.7. The Bertz CT molecular complexity index is 1020. The summed E-state index contributed by atoms with van der Waals surface area (Å²) in [5.74, 6) is -4.06. The summed E-state index contributed by atoms with van der Waals surface area (Å²) in [6.07, 6.45) is -12.4. The number of alkyl halides is 6. The molecule has 1 unspecified atom stereocenters. The fourth-order valence-electron chi connectivity index (χ4n) is 2.64. The highest BCUT2D eigenvalue weighted by Crippen LogP contribution is 2.27. The number of amides is 2. The number of carbonyl (C=O) groups is 3. The highest BCUT2D eigenvalue weighted by Gasteiger charge is 2.34. The van der Waals surface area contributed by atoms with Gasteiger partial charge in [0.1, 0.15) is 11.5 Å². The standard InChI is InChI=1S/C19H14F6N2O7/c20-18(21,22)33-12-5-1-10(2-6-12)9-14(28)26-27(17(31)32)15(16(29)30)11-3-7-13(8-4-11)34-19(23,24)25/h1-8,15H,9H2,(H,26,28)(H,29,30)(H,31,32). The van der Waals surface area contributed by atoms with E-state index in [4.69, 9.17) is 0 Å². The monoisotopic (exact) mass is 496 g/mol. The van der Waals surface area contributed by atoms with Crippen molar-refractivity contribution in [3.8, 4) is 11.5 Å². The van der Waals surface area contributed by atoms with E-state index in [1.807, 2.05) is 5.43 Å². The Balaban J connectivity index is 2.15. The SMILES string of the molecule is O=C(Cc1ccc(OC(F)(F)F)cc1)NN(C(=O)O)C(C(=O)O)c1ccc(OC(F)(F)F)cc1. The van der Waals surface area contributed by atoms with Crippen molar-refractivity contribution in [3.63, 3.8) is 0 Å². The van der Waals surface area contributed by atoms with E-state index in [0.29, 0.717) is 0 Å². The number of hydrogen-bond donors (Lipinski definition) is 3. The van der Waals surface area contributed by atoms with E-state index in [9.17, 15) is 50.9 Å². The normalized spacial score (nSPS) is 12.4. The molecular weight excluding hydrogens is 482 g/mol. The fraction of sp³-hybridized carbons (Fsp3) is 0.211. The van der Waals surface area contributed by atoms with Gasteiger partial charge in [0.05, 0.1) is 6.42 Å². The Morgan fingerprint density at radius 1 is 0.824 bits per heavy atom. The van der Waals surface area contributed by atoms with Crippen molar-refractivity contribution in [1.29, 1.82) is 0 Å². The predicted octanol–water partition coefficient (Wildman–Crippen LogP) is 3.86. The molecular formula is C19H14F6N2O7. The lowest BCUT2D eigenvalue weighted by atomic mass is 10.1. The van der Waals surface area contributed by atoms with E-state index in [0.717, 1.165) is 48.5 Å². The van der Waals surface area contributed by atoms with Crippen LogP contribution >= 0.6 is 0 Å². The van der Waals surface area contributed by atoms with Crippen LogP contribution in [0.3, 0.4) is 0 Å². The van der Waals surface area contributed by atoms with Gasteiger partial charge in [-0.05, 0) is 35.4 Å². The summed E-state index contributed by atoms with van der Waals surface area (Å²) in [5.41, 5.74) is 1.67. The van der Waals surface area contributed by atoms with Crippen molar-refractivity contribution in [2.24, 2.45) is 0 Å². The summed E-state index contributed by atoms with van der Waals surface area (Å²) >= 11 is 0. The molecule has 0 bridgehead atoms. The smallest absolute Gasteiger partial charge is 0.479 e. The van der Waals surface area contributed by atoms with Gasteiger partial charge in [-0.1, -0.05) is 24.3 Å². The van der Waals surface area contributed by atoms with Crippen LogP contribution in [0.1, 0.15) is 17.2 Å². The van der Waals surface area contributed by atoms with Crippen molar-refractivity contribution < 1.29 is 60.4 Å². The second-order valence-electron chi connectivity index (χ2n) is 6.41. The second kappa shape index (κ2) is 10.2. The summed E-state index contributed by atoms with van der Waals surface area (Å²) in [6.45, 7) is 0. The lowest BCUT2D eigenvalue weighted by molar-refractivity contribution is -0.275. The molecule has 2 aromatic rings. The highest BCUT2D eigenvalue weighted by molar-refractivity contribution is 5.85. The molecule has 9 nitrogen and oxygen atoms in total. The molecule has 0 heterocycles. The van der Waals surface area contributed by atoms with Gasteiger partial charge in [-0.2, -0.15) is 5.01 Å². The molecule has 2 amide bonds. The summed E-state index contributed by atoms with van der Waals surface area (Å²) in [7, 11) is 0. The van der Waals surface area contributed by atoms with E-state index in [1.165, 1.54) is 0 Å². The van der Waals surface area contributed by atoms with Crippen molar-refractivity contribution >= 4 is 18.0 Å². The maximum atomic E-state index is 12.3. The fourth-order valence-corrected chi connectivity index (χ4v) is 2.64. The van der Waals surface area contributed by atoms with E-state index in [-0.39, 0.29) is 16.1 Å². The quantitative estimate of drug-likeness (QED) is 0.393. The van der Waals surface area contributed by atoms with Crippen LogP contribution in [0.4, 0.5) is 31.1 Å². The van der Waals surface area contributed by atoms with Gasteiger partial charge in [-0.25, -0.2) is 9.59 Å². The van der Waals surface area contributed by atoms with Gasteiger partial charge < -0.3 is 19.7 Å². The molecule has 0 fully saturated rings. The Morgan fingerprint density at radius 3 is 1.65 bits per heavy atom. The number of carboxylic acid groups (broad SMARTS) is 2. The first-order valence-electron chi connectivity index (χ1n) is 8.89. The van der Waals surface area contributed by atoms with Gasteiger partial charge in [-0.15, -0.1) is 26.3 Å². The Morgan fingerprint density at radius 2 is 1.26 bits per heavy atom. The maximum absolute atomic E-state index is 12.3. The largest absolute Gasteiger partial charge is 0.573 e. The highest BCUT2D eigenvalue weighted by atomic mass is 19.4. The van der Waals surface area contributed by atoms with Crippen molar-refractivity contribution in [2.45, 2.75) is 25.2 Å². The van der Waals surface area contributed by atoms with Gasteiger partial charge in [0.2, 0.25) is 5.91 Å². The Kier molecular flexibility index (Phi) is 7.81. The number of nitrogens with one attached hydrogen (secondary N) is 1. The Hall–Kier alpha value is -4.17. The lowest BCUT2D eigenvalue weighted by Gasteiger charge is -2.27. The molecule has 0 saturated carbocycles. The molecule has 0 radical (unpaired) electrons. The molecule has 3 N–H and O–H groups in total. The molecule has 0 aliphatic heterocycles. The molecule has 2 rings (SSSR count). The molecule has 1 atom stereocenters.